The van der Waals surface area contributed by atoms with E-state index >= 15 is 0 Å². The minimum absolute atomic E-state index is 0.180. The minimum atomic E-state index is -0.967. The Morgan fingerprint density at radius 2 is 2.04 bits per heavy atom. The van der Waals surface area contributed by atoms with E-state index in [9.17, 15) is 9.59 Å². The zero-order valence-corrected chi connectivity index (χ0v) is 13.3. The summed E-state index contributed by atoms with van der Waals surface area (Å²) in [5, 5.41) is 18.5. The Labute approximate surface area is 135 Å². The van der Waals surface area contributed by atoms with E-state index in [0.29, 0.717) is 12.5 Å². The van der Waals surface area contributed by atoms with E-state index in [4.69, 9.17) is 5.11 Å². The summed E-state index contributed by atoms with van der Waals surface area (Å²) in [6.45, 7) is 3.23. The number of likely N-dealkylation sites (tertiary alicyclic amines) is 1. The Hall–Kier alpha value is -1.89. The first kappa shape index (κ1) is 16.0. The Kier molecular flexibility index (Phi) is 4.95. The van der Waals surface area contributed by atoms with Crippen molar-refractivity contribution in [2.45, 2.75) is 38.6 Å². The molecule has 23 heavy (non-hydrogen) atoms. The van der Waals surface area contributed by atoms with Crippen LogP contribution in [0.3, 0.4) is 0 Å². The van der Waals surface area contributed by atoms with Gasteiger partial charge in [0, 0.05) is 24.6 Å². The van der Waals surface area contributed by atoms with E-state index in [1.54, 1.807) is 6.20 Å². The molecule has 3 rings (SSSR count). The van der Waals surface area contributed by atoms with E-state index in [2.05, 4.69) is 20.4 Å². The molecule has 1 aliphatic carbocycles. The molecule has 2 heterocycles. The van der Waals surface area contributed by atoms with Crippen molar-refractivity contribution in [1.29, 1.82) is 0 Å². The summed E-state index contributed by atoms with van der Waals surface area (Å²) in [5.41, 5.74) is 0.911. The number of aromatic amines is 1. The molecule has 0 bridgehead atoms. The van der Waals surface area contributed by atoms with Gasteiger partial charge in [-0.1, -0.05) is 6.42 Å². The lowest BCUT2D eigenvalue weighted by Gasteiger charge is -2.32. The number of rotatable bonds is 6. The maximum Gasteiger partial charge on any atom is 0.354 e. The van der Waals surface area contributed by atoms with Gasteiger partial charge in [0.1, 0.15) is 5.69 Å². The maximum atomic E-state index is 11.9. The topological polar surface area (TPSA) is 98.3 Å². The first-order valence-electron chi connectivity index (χ1n) is 8.39. The molecule has 7 heteroatoms. The minimum Gasteiger partial charge on any atom is -0.477 e. The average molecular weight is 320 g/mol. The molecule has 3 N–H and O–H groups in total. The van der Waals surface area contributed by atoms with Crippen LogP contribution >= 0.6 is 0 Å². The molecule has 1 amide bonds. The van der Waals surface area contributed by atoms with Crippen LogP contribution in [0.15, 0.2) is 6.20 Å². The third-order valence-corrected chi connectivity index (χ3v) is 5.07. The Morgan fingerprint density at radius 3 is 2.65 bits per heavy atom. The van der Waals surface area contributed by atoms with Crippen molar-refractivity contribution >= 4 is 11.9 Å². The van der Waals surface area contributed by atoms with E-state index in [-0.39, 0.29) is 17.5 Å². The normalized spacial score (nSPS) is 20.2. The summed E-state index contributed by atoms with van der Waals surface area (Å²) in [6, 6.07) is 0. The largest absolute Gasteiger partial charge is 0.477 e. The Bertz CT molecular complexity index is 559. The molecule has 2 aliphatic rings. The van der Waals surface area contributed by atoms with Gasteiger partial charge in [-0.05, 0) is 44.7 Å². The third-order valence-electron chi connectivity index (χ3n) is 5.07. The molecule has 0 atom stereocenters. The van der Waals surface area contributed by atoms with Crippen LogP contribution in [0.1, 0.15) is 48.2 Å². The highest BCUT2D eigenvalue weighted by Gasteiger charge is 2.26. The van der Waals surface area contributed by atoms with Crippen LogP contribution in [-0.2, 0) is 11.3 Å². The summed E-state index contributed by atoms with van der Waals surface area (Å²) < 4.78 is 0. The van der Waals surface area contributed by atoms with Gasteiger partial charge in [-0.15, -0.1) is 0 Å². The fourth-order valence-electron chi connectivity index (χ4n) is 3.27. The first-order valence-corrected chi connectivity index (χ1v) is 8.39. The Morgan fingerprint density at radius 1 is 1.30 bits per heavy atom. The number of hydrogen-bond donors (Lipinski definition) is 3. The van der Waals surface area contributed by atoms with Crippen LogP contribution in [0.5, 0.6) is 0 Å². The van der Waals surface area contributed by atoms with Gasteiger partial charge < -0.3 is 10.4 Å². The molecule has 1 saturated carbocycles. The zero-order chi connectivity index (χ0) is 16.2. The van der Waals surface area contributed by atoms with Gasteiger partial charge in [0.25, 0.3) is 0 Å². The number of piperidine rings is 1. The molecular formula is C16H24N4O3. The second-order valence-corrected chi connectivity index (χ2v) is 6.67. The fourth-order valence-corrected chi connectivity index (χ4v) is 3.27. The second kappa shape index (κ2) is 7.12. The molecule has 0 unspecified atom stereocenters. The second-order valence-electron chi connectivity index (χ2n) is 6.67. The van der Waals surface area contributed by atoms with Crippen LogP contribution in [0, 0.1) is 11.8 Å². The van der Waals surface area contributed by atoms with Crippen molar-refractivity contribution in [2.24, 2.45) is 11.8 Å². The van der Waals surface area contributed by atoms with Crippen LogP contribution in [0.2, 0.25) is 0 Å². The number of aromatic nitrogens is 2. The summed E-state index contributed by atoms with van der Waals surface area (Å²) in [6.07, 6.45) is 6.93. The number of amides is 1. The lowest BCUT2D eigenvalue weighted by molar-refractivity contribution is -0.127. The summed E-state index contributed by atoms with van der Waals surface area (Å²) in [5.74, 6) is 0.0402. The fraction of sp³-hybridized carbons (Fsp3) is 0.688. The number of nitrogens with one attached hydrogen (secondary N) is 2. The van der Waals surface area contributed by atoms with Gasteiger partial charge in [0.05, 0.1) is 6.20 Å². The number of carbonyl (C=O) groups is 2. The first-order chi connectivity index (χ1) is 11.1. The molecule has 0 spiro atoms. The van der Waals surface area contributed by atoms with Gasteiger partial charge in [-0.3, -0.25) is 14.8 Å². The van der Waals surface area contributed by atoms with Crippen molar-refractivity contribution in [3.63, 3.8) is 0 Å². The number of H-pyrrole nitrogens is 1. The van der Waals surface area contributed by atoms with E-state index in [1.807, 2.05) is 0 Å². The van der Waals surface area contributed by atoms with Crippen LogP contribution in [0.25, 0.3) is 0 Å². The lowest BCUT2D eigenvalue weighted by Crippen LogP contribution is -2.41. The van der Waals surface area contributed by atoms with Gasteiger partial charge in [0.2, 0.25) is 5.91 Å². The van der Waals surface area contributed by atoms with Gasteiger partial charge >= 0.3 is 5.97 Å². The molecule has 1 saturated heterocycles. The van der Waals surface area contributed by atoms with Crippen molar-refractivity contribution in [3.05, 3.63) is 17.5 Å². The quantitative estimate of drug-likeness (QED) is 0.732. The van der Waals surface area contributed by atoms with E-state index < -0.39 is 5.97 Å². The predicted octanol–water partition coefficient (Wildman–Crippen LogP) is 1.24. The van der Waals surface area contributed by atoms with Crippen LogP contribution in [0.4, 0.5) is 0 Å². The number of aromatic carboxylic acids is 1. The highest BCUT2D eigenvalue weighted by molar-refractivity contribution is 5.86. The number of carbonyl (C=O) groups excluding carboxylic acids is 1. The van der Waals surface area contributed by atoms with Crippen LogP contribution in [-0.4, -0.2) is 51.7 Å². The Balaban J connectivity index is 1.40. The van der Waals surface area contributed by atoms with Crippen molar-refractivity contribution in [2.75, 3.05) is 19.6 Å². The molecule has 1 aromatic rings. The highest BCUT2D eigenvalue weighted by atomic mass is 16.4. The number of hydrogen-bond acceptors (Lipinski definition) is 4. The standard InChI is InChI=1S/C16H24N4O3/c21-15(12-2-1-3-12)17-8-11-4-6-20(7-5-11)10-13-9-18-19-14(13)16(22)23/h9,11-12H,1-8,10H2,(H,17,21)(H,18,19)(H,22,23). The monoisotopic (exact) mass is 320 g/mol. The molecule has 0 aromatic carbocycles. The van der Waals surface area contributed by atoms with E-state index in [1.165, 1.54) is 6.42 Å². The van der Waals surface area contributed by atoms with Crippen LogP contribution < -0.4 is 5.32 Å². The van der Waals surface area contributed by atoms with Gasteiger partial charge in [0.15, 0.2) is 0 Å². The zero-order valence-electron chi connectivity index (χ0n) is 13.3. The molecular weight excluding hydrogens is 296 g/mol. The molecule has 126 valence electrons. The smallest absolute Gasteiger partial charge is 0.354 e. The average Bonchev–Trinajstić information content (AvgIpc) is 2.93. The predicted molar refractivity (Wildman–Crippen MR) is 83.9 cm³/mol. The van der Waals surface area contributed by atoms with E-state index in [0.717, 1.165) is 50.9 Å². The molecule has 1 aromatic heterocycles. The third kappa shape index (κ3) is 3.90. The highest BCUT2D eigenvalue weighted by Crippen LogP contribution is 2.26. The summed E-state index contributed by atoms with van der Waals surface area (Å²) in [7, 11) is 0. The van der Waals surface area contributed by atoms with Crippen molar-refractivity contribution in [3.8, 4) is 0 Å². The number of carboxylic acids is 1. The number of carboxylic acid groups (broad SMARTS) is 1. The van der Waals surface area contributed by atoms with Gasteiger partial charge in [-0.25, -0.2) is 4.79 Å². The van der Waals surface area contributed by atoms with Gasteiger partial charge in [-0.2, -0.15) is 5.10 Å². The molecule has 2 fully saturated rings. The summed E-state index contributed by atoms with van der Waals surface area (Å²) in [4.78, 5) is 25.2. The number of nitrogens with zero attached hydrogens (tertiary/aromatic N) is 2. The SMILES string of the molecule is O=C(O)c1[nH]ncc1CN1CCC(CNC(=O)C2CCC2)CC1. The molecule has 0 radical (unpaired) electrons. The van der Waals surface area contributed by atoms with Crippen molar-refractivity contribution < 1.29 is 14.7 Å². The molecule has 1 aliphatic heterocycles. The summed E-state index contributed by atoms with van der Waals surface area (Å²) >= 11 is 0. The lowest BCUT2D eigenvalue weighted by atomic mass is 9.84. The van der Waals surface area contributed by atoms with Crippen molar-refractivity contribution in [1.82, 2.24) is 20.4 Å². The maximum absolute atomic E-state index is 11.9. The molecule has 7 nitrogen and oxygen atoms in total.